The van der Waals surface area contributed by atoms with Gasteiger partial charge in [0.2, 0.25) is 0 Å². The van der Waals surface area contributed by atoms with Crippen LogP contribution in [-0.2, 0) is 4.74 Å². The number of hydrogen-bond acceptors (Lipinski definition) is 2. The zero-order valence-electron chi connectivity index (χ0n) is 14.3. The molecule has 2 heterocycles. The minimum Gasteiger partial charge on any atom is -0.373 e. The first-order valence-corrected chi connectivity index (χ1v) is 10.2. The molecule has 0 aromatic carbocycles. The van der Waals surface area contributed by atoms with Gasteiger partial charge in [-0.05, 0) is 75.8 Å². The Morgan fingerprint density at radius 2 is 1.59 bits per heavy atom. The lowest BCUT2D eigenvalue weighted by Gasteiger charge is -2.34. The normalized spacial score (nSPS) is 40.9. The van der Waals surface area contributed by atoms with Gasteiger partial charge in [0, 0.05) is 6.54 Å². The zero-order chi connectivity index (χ0) is 14.8. The Bertz CT molecular complexity index is 346. The quantitative estimate of drug-likeness (QED) is 0.751. The van der Waals surface area contributed by atoms with Gasteiger partial charge < -0.3 is 9.64 Å². The number of nitrogens with zero attached hydrogens (tertiary/aromatic N) is 1. The van der Waals surface area contributed by atoms with Crippen molar-refractivity contribution < 1.29 is 4.74 Å². The lowest BCUT2D eigenvalue weighted by Crippen LogP contribution is -2.30. The molecule has 0 aromatic heterocycles. The molecule has 0 bridgehead atoms. The lowest BCUT2D eigenvalue weighted by molar-refractivity contribution is -0.00292. The van der Waals surface area contributed by atoms with Gasteiger partial charge in [0.05, 0.1) is 12.2 Å². The molecule has 0 amide bonds. The van der Waals surface area contributed by atoms with Gasteiger partial charge in [0.1, 0.15) is 0 Å². The van der Waals surface area contributed by atoms with Crippen LogP contribution in [0.1, 0.15) is 77.0 Å². The zero-order valence-corrected chi connectivity index (χ0v) is 14.3. The molecule has 22 heavy (non-hydrogen) atoms. The predicted octanol–water partition coefficient (Wildman–Crippen LogP) is 4.63. The maximum absolute atomic E-state index is 6.42. The Balaban J connectivity index is 1.24. The standard InChI is InChI=1S/C20H35NO/c1-2-6-16(7-3-1)12-17-8-9-20-18(13-17)14-19(22-20)15-21-10-4-5-11-21/h16-20H,1-15H2. The lowest BCUT2D eigenvalue weighted by atomic mass is 9.73. The first-order valence-electron chi connectivity index (χ1n) is 10.2. The molecule has 126 valence electrons. The van der Waals surface area contributed by atoms with E-state index in [9.17, 15) is 0 Å². The minimum absolute atomic E-state index is 0.557. The van der Waals surface area contributed by atoms with Crippen molar-refractivity contribution in [3.63, 3.8) is 0 Å². The molecule has 2 aliphatic carbocycles. The van der Waals surface area contributed by atoms with Crippen molar-refractivity contribution in [1.29, 1.82) is 0 Å². The van der Waals surface area contributed by atoms with Crippen LogP contribution in [-0.4, -0.2) is 36.7 Å². The summed E-state index contributed by atoms with van der Waals surface area (Å²) in [5, 5.41) is 0. The highest BCUT2D eigenvalue weighted by atomic mass is 16.5. The Hall–Kier alpha value is -0.0800. The largest absolute Gasteiger partial charge is 0.373 e. The molecule has 2 aliphatic heterocycles. The average Bonchev–Trinajstić information content (AvgIpc) is 3.17. The predicted molar refractivity (Wildman–Crippen MR) is 91.0 cm³/mol. The summed E-state index contributed by atoms with van der Waals surface area (Å²) in [7, 11) is 0. The van der Waals surface area contributed by atoms with E-state index in [-0.39, 0.29) is 0 Å². The highest BCUT2D eigenvalue weighted by molar-refractivity contribution is 4.90. The third-order valence-corrected chi connectivity index (χ3v) is 7.01. The monoisotopic (exact) mass is 305 g/mol. The maximum atomic E-state index is 6.42. The molecule has 4 unspecified atom stereocenters. The number of likely N-dealkylation sites (tertiary alicyclic amines) is 1. The molecular formula is C20H35NO. The van der Waals surface area contributed by atoms with E-state index in [0.717, 1.165) is 17.8 Å². The molecule has 0 aromatic rings. The van der Waals surface area contributed by atoms with Crippen LogP contribution in [0.15, 0.2) is 0 Å². The second-order valence-corrected chi connectivity index (χ2v) is 8.72. The van der Waals surface area contributed by atoms with Crippen molar-refractivity contribution in [2.75, 3.05) is 19.6 Å². The second kappa shape index (κ2) is 7.21. The van der Waals surface area contributed by atoms with Crippen LogP contribution < -0.4 is 0 Å². The van der Waals surface area contributed by atoms with Gasteiger partial charge in [0.15, 0.2) is 0 Å². The third-order valence-electron chi connectivity index (χ3n) is 7.01. The molecule has 2 nitrogen and oxygen atoms in total. The Labute approximate surface area is 137 Å². The molecule has 4 atom stereocenters. The van der Waals surface area contributed by atoms with Gasteiger partial charge in [-0.25, -0.2) is 0 Å². The molecule has 2 saturated heterocycles. The molecular weight excluding hydrogens is 270 g/mol. The van der Waals surface area contributed by atoms with E-state index in [1.165, 1.54) is 90.3 Å². The number of ether oxygens (including phenoxy) is 1. The summed E-state index contributed by atoms with van der Waals surface area (Å²) < 4.78 is 6.42. The molecule has 4 aliphatic rings. The van der Waals surface area contributed by atoms with Crippen molar-refractivity contribution in [1.82, 2.24) is 4.90 Å². The third kappa shape index (κ3) is 3.70. The van der Waals surface area contributed by atoms with E-state index >= 15 is 0 Å². The summed E-state index contributed by atoms with van der Waals surface area (Å²) in [5.41, 5.74) is 0. The van der Waals surface area contributed by atoms with Crippen LogP contribution in [0, 0.1) is 17.8 Å². The van der Waals surface area contributed by atoms with E-state index in [0.29, 0.717) is 12.2 Å². The molecule has 0 spiro atoms. The topological polar surface area (TPSA) is 12.5 Å². The summed E-state index contributed by atoms with van der Waals surface area (Å²) >= 11 is 0. The molecule has 0 N–H and O–H groups in total. The van der Waals surface area contributed by atoms with Gasteiger partial charge in [-0.3, -0.25) is 0 Å². The van der Waals surface area contributed by atoms with Gasteiger partial charge >= 0.3 is 0 Å². The van der Waals surface area contributed by atoms with Crippen LogP contribution in [0.25, 0.3) is 0 Å². The highest BCUT2D eigenvalue weighted by Gasteiger charge is 2.40. The molecule has 4 rings (SSSR count). The van der Waals surface area contributed by atoms with Crippen molar-refractivity contribution in [3.05, 3.63) is 0 Å². The summed E-state index contributed by atoms with van der Waals surface area (Å²) in [4.78, 5) is 2.64. The SMILES string of the molecule is C1CCC(CC2CCC3OC(CN4CCCC4)CC3C2)CC1. The van der Waals surface area contributed by atoms with Crippen LogP contribution in [0.4, 0.5) is 0 Å². The Kier molecular flexibility index (Phi) is 5.07. The Morgan fingerprint density at radius 1 is 0.773 bits per heavy atom. The highest BCUT2D eigenvalue weighted by Crippen LogP contribution is 2.43. The van der Waals surface area contributed by atoms with Crippen LogP contribution in [0.2, 0.25) is 0 Å². The van der Waals surface area contributed by atoms with E-state index in [1.54, 1.807) is 6.42 Å². The number of hydrogen-bond donors (Lipinski definition) is 0. The average molecular weight is 306 g/mol. The van der Waals surface area contributed by atoms with E-state index in [1.807, 2.05) is 0 Å². The smallest absolute Gasteiger partial charge is 0.0709 e. The summed E-state index contributed by atoms with van der Waals surface area (Å²) in [6.07, 6.45) is 18.7. The fourth-order valence-electron chi connectivity index (χ4n) is 5.88. The van der Waals surface area contributed by atoms with Crippen molar-refractivity contribution in [2.45, 2.75) is 89.3 Å². The summed E-state index contributed by atoms with van der Waals surface area (Å²) in [6.45, 7) is 3.86. The van der Waals surface area contributed by atoms with E-state index < -0.39 is 0 Å². The molecule has 0 radical (unpaired) electrons. The number of fused-ring (bicyclic) bond motifs is 1. The van der Waals surface area contributed by atoms with Crippen molar-refractivity contribution in [3.8, 4) is 0 Å². The first-order chi connectivity index (χ1) is 10.9. The van der Waals surface area contributed by atoms with Gasteiger partial charge in [-0.1, -0.05) is 32.1 Å². The summed E-state index contributed by atoms with van der Waals surface area (Å²) in [5.74, 6) is 2.99. The van der Waals surface area contributed by atoms with Gasteiger partial charge in [-0.15, -0.1) is 0 Å². The molecule has 4 fully saturated rings. The fourth-order valence-corrected chi connectivity index (χ4v) is 5.88. The Morgan fingerprint density at radius 3 is 2.41 bits per heavy atom. The van der Waals surface area contributed by atoms with Crippen LogP contribution in [0.3, 0.4) is 0 Å². The van der Waals surface area contributed by atoms with Crippen molar-refractivity contribution in [2.24, 2.45) is 17.8 Å². The van der Waals surface area contributed by atoms with E-state index in [4.69, 9.17) is 4.74 Å². The van der Waals surface area contributed by atoms with Gasteiger partial charge in [0.25, 0.3) is 0 Å². The maximum Gasteiger partial charge on any atom is 0.0709 e. The fraction of sp³-hybridized carbons (Fsp3) is 1.00. The van der Waals surface area contributed by atoms with Crippen LogP contribution in [0.5, 0.6) is 0 Å². The molecule has 2 heteroatoms. The number of rotatable bonds is 4. The molecule has 2 saturated carbocycles. The van der Waals surface area contributed by atoms with Gasteiger partial charge in [-0.2, -0.15) is 0 Å². The van der Waals surface area contributed by atoms with E-state index in [2.05, 4.69) is 4.90 Å². The van der Waals surface area contributed by atoms with Crippen molar-refractivity contribution >= 4 is 0 Å². The first kappa shape index (κ1) is 15.4. The minimum atomic E-state index is 0.557. The van der Waals surface area contributed by atoms with Crippen LogP contribution >= 0.6 is 0 Å². The second-order valence-electron chi connectivity index (χ2n) is 8.72. The summed E-state index contributed by atoms with van der Waals surface area (Å²) in [6, 6.07) is 0.